The minimum Gasteiger partial charge on any atom is -0.438 e. The second kappa shape index (κ2) is 11.6. The number of anilines is 3. The number of para-hydroxylation sites is 1. The van der Waals surface area contributed by atoms with Crippen LogP contribution in [0.15, 0.2) is 95.7 Å². The maximum absolute atomic E-state index is 12.6. The van der Waals surface area contributed by atoms with Crippen LogP contribution in [0, 0.1) is 0 Å². The molecule has 0 radical (unpaired) electrons. The standard InChI is InChI=1S/C30H30N6O2/c1-36(2)19-23-10-6-7-11-26(23)35-30(37)34-24-14-12-21(13-15-24)16-17-31-28-25-18-27(22-8-4-3-5-9-22)38-29(25)33-20-32-28/h3-15,18,20H,16-17,19H2,1-2H3,(H,31,32,33)(H2,34,35,37). The molecule has 5 rings (SSSR count). The molecule has 0 spiro atoms. The summed E-state index contributed by atoms with van der Waals surface area (Å²) in [6.07, 6.45) is 2.30. The van der Waals surface area contributed by atoms with E-state index in [4.69, 9.17) is 4.42 Å². The lowest BCUT2D eigenvalue weighted by atomic mass is 10.1. The molecule has 38 heavy (non-hydrogen) atoms. The van der Waals surface area contributed by atoms with Gasteiger partial charge in [-0.2, -0.15) is 0 Å². The predicted molar refractivity (Wildman–Crippen MR) is 152 cm³/mol. The number of urea groups is 1. The molecule has 3 aromatic carbocycles. The summed E-state index contributed by atoms with van der Waals surface area (Å²) in [5.74, 6) is 1.50. The summed E-state index contributed by atoms with van der Waals surface area (Å²) in [6.45, 7) is 1.43. The number of nitrogens with zero attached hydrogens (tertiary/aromatic N) is 3. The summed E-state index contributed by atoms with van der Waals surface area (Å²) in [6, 6.07) is 27.3. The topological polar surface area (TPSA) is 95.3 Å². The Morgan fingerprint density at radius 1 is 0.895 bits per heavy atom. The number of carbonyl (C=O) groups is 1. The molecule has 2 heterocycles. The number of benzene rings is 3. The van der Waals surface area contributed by atoms with E-state index in [-0.39, 0.29) is 6.03 Å². The first-order valence-electron chi connectivity index (χ1n) is 12.5. The van der Waals surface area contributed by atoms with Crippen LogP contribution >= 0.6 is 0 Å². The monoisotopic (exact) mass is 506 g/mol. The summed E-state index contributed by atoms with van der Waals surface area (Å²) in [7, 11) is 4.00. The van der Waals surface area contributed by atoms with Gasteiger partial charge < -0.3 is 25.3 Å². The molecular formula is C30H30N6O2. The number of fused-ring (bicyclic) bond motifs is 1. The van der Waals surface area contributed by atoms with Crippen LogP contribution in [-0.4, -0.2) is 41.5 Å². The maximum Gasteiger partial charge on any atom is 0.323 e. The molecule has 192 valence electrons. The molecule has 8 heteroatoms. The van der Waals surface area contributed by atoms with Gasteiger partial charge in [-0.25, -0.2) is 14.8 Å². The van der Waals surface area contributed by atoms with Crippen molar-refractivity contribution in [3.8, 4) is 11.3 Å². The molecule has 8 nitrogen and oxygen atoms in total. The van der Waals surface area contributed by atoms with Gasteiger partial charge in [-0.3, -0.25) is 0 Å². The lowest BCUT2D eigenvalue weighted by Crippen LogP contribution is -2.21. The van der Waals surface area contributed by atoms with E-state index in [2.05, 4.69) is 30.8 Å². The predicted octanol–water partition coefficient (Wildman–Crippen LogP) is 6.25. The molecule has 0 fully saturated rings. The van der Waals surface area contributed by atoms with Gasteiger partial charge in [0, 0.05) is 30.0 Å². The number of aromatic nitrogens is 2. The lowest BCUT2D eigenvalue weighted by molar-refractivity contribution is 0.262. The molecule has 0 atom stereocenters. The molecule has 0 bridgehead atoms. The molecule has 0 saturated carbocycles. The Morgan fingerprint density at radius 2 is 1.66 bits per heavy atom. The maximum atomic E-state index is 12.6. The average Bonchev–Trinajstić information content (AvgIpc) is 3.36. The third kappa shape index (κ3) is 6.16. The van der Waals surface area contributed by atoms with Crippen molar-refractivity contribution in [3.63, 3.8) is 0 Å². The fraction of sp³-hybridized carbons (Fsp3) is 0.167. The molecule has 0 saturated heterocycles. The quantitative estimate of drug-likeness (QED) is 0.219. The van der Waals surface area contributed by atoms with E-state index in [0.29, 0.717) is 12.3 Å². The van der Waals surface area contributed by atoms with Gasteiger partial charge in [-0.05, 0) is 55.9 Å². The van der Waals surface area contributed by atoms with Crippen molar-refractivity contribution >= 4 is 34.3 Å². The second-order valence-corrected chi connectivity index (χ2v) is 9.27. The van der Waals surface area contributed by atoms with E-state index in [1.165, 1.54) is 6.33 Å². The van der Waals surface area contributed by atoms with E-state index in [0.717, 1.165) is 58.0 Å². The van der Waals surface area contributed by atoms with Crippen LogP contribution in [-0.2, 0) is 13.0 Å². The van der Waals surface area contributed by atoms with Crippen LogP contribution < -0.4 is 16.0 Å². The number of nitrogens with one attached hydrogen (secondary N) is 3. The Balaban J connectivity index is 1.16. The first-order chi connectivity index (χ1) is 18.5. The van der Waals surface area contributed by atoms with Gasteiger partial charge in [0.15, 0.2) is 0 Å². The van der Waals surface area contributed by atoms with Gasteiger partial charge in [0.05, 0.1) is 5.39 Å². The van der Waals surface area contributed by atoms with E-state index in [9.17, 15) is 4.79 Å². The van der Waals surface area contributed by atoms with Gasteiger partial charge in [-0.15, -0.1) is 0 Å². The lowest BCUT2D eigenvalue weighted by Gasteiger charge is -2.15. The van der Waals surface area contributed by atoms with Gasteiger partial charge in [0.1, 0.15) is 17.9 Å². The zero-order valence-electron chi connectivity index (χ0n) is 21.4. The normalized spacial score (nSPS) is 11.0. The number of hydrogen-bond donors (Lipinski definition) is 3. The van der Waals surface area contributed by atoms with Crippen LogP contribution in [0.2, 0.25) is 0 Å². The number of amides is 2. The van der Waals surface area contributed by atoms with Gasteiger partial charge in [0.2, 0.25) is 5.71 Å². The zero-order valence-corrected chi connectivity index (χ0v) is 21.4. The third-order valence-electron chi connectivity index (χ3n) is 6.06. The number of hydrogen-bond acceptors (Lipinski definition) is 6. The fourth-order valence-electron chi connectivity index (χ4n) is 4.23. The van der Waals surface area contributed by atoms with Crippen molar-refractivity contribution in [2.45, 2.75) is 13.0 Å². The van der Waals surface area contributed by atoms with E-state index in [1.807, 2.05) is 99.0 Å². The molecule has 3 N–H and O–H groups in total. The van der Waals surface area contributed by atoms with Crippen molar-refractivity contribution in [3.05, 3.63) is 102 Å². The highest BCUT2D eigenvalue weighted by Crippen LogP contribution is 2.29. The number of carbonyl (C=O) groups excluding carboxylic acids is 1. The van der Waals surface area contributed by atoms with Crippen molar-refractivity contribution in [2.75, 3.05) is 36.6 Å². The Kier molecular flexibility index (Phi) is 7.61. The minimum absolute atomic E-state index is 0.270. The smallest absolute Gasteiger partial charge is 0.323 e. The molecular weight excluding hydrogens is 476 g/mol. The second-order valence-electron chi connectivity index (χ2n) is 9.27. The van der Waals surface area contributed by atoms with E-state index >= 15 is 0 Å². The highest BCUT2D eigenvalue weighted by atomic mass is 16.3. The van der Waals surface area contributed by atoms with Crippen LogP contribution in [0.4, 0.5) is 22.0 Å². The first kappa shape index (κ1) is 25.0. The van der Waals surface area contributed by atoms with Crippen LogP contribution in [0.1, 0.15) is 11.1 Å². The Bertz CT molecular complexity index is 1510. The SMILES string of the molecule is CN(C)Cc1ccccc1NC(=O)Nc1ccc(CCNc2ncnc3oc(-c4ccccc4)cc23)cc1. The van der Waals surface area contributed by atoms with E-state index < -0.39 is 0 Å². The first-order valence-corrected chi connectivity index (χ1v) is 12.5. The van der Waals surface area contributed by atoms with Crippen LogP contribution in [0.25, 0.3) is 22.4 Å². The zero-order chi connectivity index (χ0) is 26.3. The van der Waals surface area contributed by atoms with Crippen molar-refractivity contribution < 1.29 is 9.21 Å². The molecule has 0 aliphatic heterocycles. The summed E-state index contributed by atoms with van der Waals surface area (Å²) >= 11 is 0. The summed E-state index contributed by atoms with van der Waals surface area (Å²) in [4.78, 5) is 23.3. The van der Waals surface area contributed by atoms with Crippen molar-refractivity contribution in [2.24, 2.45) is 0 Å². The molecule has 2 aromatic heterocycles. The average molecular weight is 507 g/mol. The molecule has 0 unspecified atom stereocenters. The summed E-state index contributed by atoms with van der Waals surface area (Å²) in [5, 5.41) is 10.1. The van der Waals surface area contributed by atoms with Crippen LogP contribution in [0.5, 0.6) is 0 Å². The molecule has 0 aliphatic rings. The Labute approximate surface area is 221 Å². The fourth-order valence-corrected chi connectivity index (χ4v) is 4.23. The summed E-state index contributed by atoms with van der Waals surface area (Å²) < 4.78 is 5.93. The number of rotatable bonds is 9. The van der Waals surface area contributed by atoms with Gasteiger partial charge in [-0.1, -0.05) is 60.7 Å². The Hall–Kier alpha value is -4.69. The summed E-state index contributed by atoms with van der Waals surface area (Å²) in [5.41, 5.74) is 5.28. The van der Waals surface area contributed by atoms with Gasteiger partial charge in [0.25, 0.3) is 0 Å². The largest absolute Gasteiger partial charge is 0.438 e. The molecule has 2 amide bonds. The van der Waals surface area contributed by atoms with Gasteiger partial charge >= 0.3 is 6.03 Å². The Morgan fingerprint density at radius 3 is 2.45 bits per heavy atom. The number of furan rings is 1. The van der Waals surface area contributed by atoms with E-state index in [1.54, 1.807) is 0 Å². The van der Waals surface area contributed by atoms with Crippen LogP contribution in [0.3, 0.4) is 0 Å². The third-order valence-corrected chi connectivity index (χ3v) is 6.06. The highest BCUT2D eigenvalue weighted by Gasteiger charge is 2.12. The highest BCUT2D eigenvalue weighted by molar-refractivity contribution is 6.00. The van der Waals surface area contributed by atoms with Crippen molar-refractivity contribution in [1.82, 2.24) is 14.9 Å². The molecule has 0 aliphatic carbocycles. The van der Waals surface area contributed by atoms with Crippen molar-refractivity contribution in [1.29, 1.82) is 0 Å². The molecule has 5 aromatic rings. The minimum atomic E-state index is -0.270.